The largest absolute Gasteiger partial charge is 0.481 e. The summed E-state index contributed by atoms with van der Waals surface area (Å²) in [5.74, 6) is -5.29. The van der Waals surface area contributed by atoms with Crippen LogP contribution in [0.2, 0.25) is 0 Å². The Morgan fingerprint density at radius 2 is 1.00 bits per heavy atom. The molecular formula is C46H51NO10. The third-order valence-electron chi connectivity index (χ3n) is 10.1. The van der Waals surface area contributed by atoms with Crippen molar-refractivity contribution in [2.75, 3.05) is 19.8 Å². The number of carboxylic acid groups (broad SMARTS) is 2. The number of fused-ring (bicyclic) bond motifs is 6. The Labute approximate surface area is 333 Å². The van der Waals surface area contributed by atoms with Crippen LogP contribution in [0.1, 0.15) is 93.4 Å². The quantitative estimate of drug-likeness (QED) is 0.0749. The van der Waals surface area contributed by atoms with Crippen LogP contribution in [0.15, 0.2) is 97.1 Å². The van der Waals surface area contributed by atoms with Crippen LogP contribution in [0.4, 0.5) is 0 Å². The summed E-state index contributed by atoms with van der Waals surface area (Å²) in [6.45, 7) is 5.97. The standard InChI is InChI=1S/C25H28O6.C21H23NO4/c1-25(2,3)31-24(29)16(12-13-22(26)27)14-23(28)30-15-21-19-10-6-4-8-17(19)18-9-5-7-11-20(18)21;22-11-5-6-14(21(24)25)12-20(23)26-13-19-17-9-3-1-7-15(17)16-8-2-4-10-18(16)19/h4-11,16,21H,12-15H2,1-3H3,(H,26,27);1-4,7-10,14,19H,5-6,11-13,22H2,(H,24,25). The molecule has 0 spiro atoms. The lowest BCUT2D eigenvalue weighted by Gasteiger charge is -2.23. The number of carboxylic acids is 2. The predicted octanol–water partition coefficient (Wildman–Crippen LogP) is 7.73. The third-order valence-corrected chi connectivity index (χ3v) is 10.1. The molecule has 57 heavy (non-hydrogen) atoms. The van der Waals surface area contributed by atoms with Crippen molar-refractivity contribution in [2.24, 2.45) is 17.6 Å². The smallest absolute Gasteiger partial charge is 0.310 e. The highest BCUT2D eigenvalue weighted by Gasteiger charge is 2.33. The summed E-state index contributed by atoms with van der Waals surface area (Å²) in [7, 11) is 0. The molecule has 2 atom stereocenters. The lowest BCUT2D eigenvalue weighted by Crippen LogP contribution is -2.30. The van der Waals surface area contributed by atoms with Gasteiger partial charge in [0, 0.05) is 18.3 Å². The summed E-state index contributed by atoms with van der Waals surface area (Å²) in [6.07, 6.45) is 0.433. The second-order valence-corrected chi connectivity index (χ2v) is 15.4. The van der Waals surface area contributed by atoms with Crippen molar-refractivity contribution in [2.45, 2.75) is 76.7 Å². The molecule has 2 aliphatic carbocycles. The topological polar surface area (TPSA) is 180 Å². The van der Waals surface area contributed by atoms with Crippen LogP contribution in [0.5, 0.6) is 0 Å². The third kappa shape index (κ3) is 11.2. The monoisotopic (exact) mass is 777 g/mol. The van der Waals surface area contributed by atoms with Crippen LogP contribution in [-0.4, -0.2) is 65.4 Å². The molecule has 0 heterocycles. The summed E-state index contributed by atoms with van der Waals surface area (Å²) in [5, 5.41) is 18.2. The number of carbonyl (C=O) groups is 5. The minimum absolute atomic E-state index is 0.0151. The van der Waals surface area contributed by atoms with E-state index in [1.165, 1.54) is 0 Å². The van der Waals surface area contributed by atoms with Gasteiger partial charge in [0.2, 0.25) is 0 Å². The molecule has 0 amide bonds. The van der Waals surface area contributed by atoms with E-state index in [4.69, 9.17) is 25.1 Å². The SMILES string of the molecule is CC(C)(C)OC(=O)C(CCC(=O)O)CC(=O)OCC1c2ccccc2-c2ccccc21.NCCCC(CC(=O)OCC1c2ccccc2-c2ccccc21)C(=O)O. The normalized spacial score (nSPS) is 13.8. The molecule has 0 bridgehead atoms. The molecule has 6 rings (SSSR count). The Balaban J connectivity index is 0.000000221. The van der Waals surface area contributed by atoms with E-state index < -0.39 is 47.3 Å². The van der Waals surface area contributed by atoms with Crippen LogP contribution in [0, 0.1) is 11.8 Å². The van der Waals surface area contributed by atoms with Gasteiger partial charge < -0.3 is 30.2 Å². The van der Waals surface area contributed by atoms with E-state index in [0.29, 0.717) is 19.4 Å². The maximum atomic E-state index is 12.6. The molecule has 2 unspecified atom stereocenters. The lowest BCUT2D eigenvalue weighted by atomic mass is 9.97. The first-order chi connectivity index (χ1) is 27.3. The second kappa shape index (κ2) is 19.4. The molecule has 4 aromatic rings. The average molecular weight is 778 g/mol. The Bertz CT molecular complexity index is 1980. The molecule has 2 aliphatic rings. The summed E-state index contributed by atoms with van der Waals surface area (Å²) >= 11 is 0. The first kappa shape index (κ1) is 42.3. The molecular weight excluding hydrogens is 727 g/mol. The van der Waals surface area contributed by atoms with Crippen molar-refractivity contribution in [3.8, 4) is 22.3 Å². The van der Waals surface area contributed by atoms with Gasteiger partial charge in [-0.15, -0.1) is 0 Å². The van der Waals surface area contributed by atoms with Gasteiger partial charge >= 0.3 is 29.8 Å². The molecule has 0 saturated carbocycles. The molecule has 0 fully saturated rings. The van der Waals surface area contributed by atoms with E-state index in [-0.39, 0.29) is 50.7 Å². The zero-order chi connectivity index (χ0) is 41.1. The molecule has 300 valence electrons. The van der Waals surface area contributed by atoms with Gasteiger partial charge in [0.25, 0.3) is 0 Å². The highest BCUT2D eigenvalue weighted by Crippen LogP contribution is 2.45. The van der Waals surface area contributed by atoms with E-state index >= 15 is 0 Å². The first-order valence-corrected chi connectivity index (χ1v) is 19.3. The Hall–Kier alpha value is -5.81. The van der Waals surface area contributed by atoms with Gasteiger partial charge in [-0.05, 0) is 91.1 Å². The van der Waals surface area contributed by atoms with Gasteiger partial charge in [-0.3, -0.25) is 24.0 Å². The number of rotatable bonds is 16. The van der Waals surface area contributed by atoms with Gasteiger partial charge in [-0.1, -0.05) is 97.1 Å². The maximum absolute atomic E-state index is 12.6. The maximum Gasteiger partial charge on any atom is 0.310 e. The van der Waals surface area contributed by atoms with E-state index in [1.54, 1.807) is 20.8 Å². The molecule has 11 heteroatoms. The Morgan fingerprint density at radius 3 is 1.35 bits per heavy atom. The zero-order valence-corrected chi connectivity index (χ0v) is 32.6. The second-order valence-electron chi connectivity index (χ2n) is 15.4. The molecule has 4 aromatic carbocycles. The average Bonchev–Trinajstić information content (AvgIpc) is 3.68. The number of carbonyl (C=O) groups excluding carboxylic acids is 3. The van der Waals surface area contributed by atoms with Gasteiger partial charge in [-0.25, -0.2) is 0 Å². The number of hydrogen-bond donors (Lipinski definition) is 3. The van der Waals surface area contributed by atoms with Gasteiger partial charge in [0.05, 0.1) is 24.7 Å². The van der Waals surface area contributed by atoms with Crippen LogP contribution < -0.4 is 5.73 Å². The van der Waals surface area contributed by atoms with Gasteiger partial charge in [-0.2, -0.15) is 0 Å². The van der Waals surface area contributed by atoms with Crippen molar-refractivity contribution < 1.29 is 48.4 Å². The van der Waals surface area contributed by atoms with E-state index in [1.807, 2.05) is 60.7 Å². The van der Waals surface area contributed by atoms with Crippen LogP contribution in [0.3, 0.4) is 0 Å². The summed E-state index contributed by atoms with van der Waals surface area (Å²) in [5.41, 5.74) is 13.8. The predicted molar refractivity (Wildman–Crippen MR) is 214 cm³/mol. The van der Waals surface area contributed by atoms with Crippen LogP contribution >= 0.6 is 0 Å². The van der Waals surface area contributed by atoms with E-state index in [9.17, 15) is 29.1 Å². The summed E-state index contributed by atoms with van der Waals surface area (Å²) in [6, 6.07) is 32.3. The molecule has 0 saturated heterocycles. The van der Waals surface area contributed by atoms with Crippen LogP contribution in [-0.2, 0) is 38.2 Å². The molecule has 4 N–H and O–H groups in total. The Morgan fingerprint density at radius 1 is 0.614 bits per heavy atom. The summed E-state index contributed by atoms with van der Waals surface area (Å²) in [4.78, 5) is 59.5. The Kier molecular flexibility index (Phi) is 14.4. The molecule has 0 aromatic heterocycles. The van der Waals surface area contributed by atoms with Gasteiger partial charge in [0.1, 0.15) is 18.8 Å². The minimum atomic E-state index is -1.03. The van der Waals surface area contributed by atoms with E-state index in [2.05, 4.69) is 36.4 Å². The van der Waals surface area contributed by atoms with Crippen molar-refractivity contribution in [1.29, 1.82) is 0 Å². The molecule has 0 radical (unpaired) electrons. The fourth-order valence-corrected chi connectivity index (χ4v) is 7.41. The lowest BCUT2D eigenvalue weighted by molar-refractivity contribution is -0.164. The van der Waals surface area contributed by atoms with Gasteiger partial charge in [0.15, 0.2) is 0 Å². The van der Waals surface area contributed by atoms with E-state index in [0.717, 1.165) is 44.5 Å². The highest BCUT2D eigenvalue weighted by atomic mass is 16.6. The number of esters is 3. The first-order valence-electron chi connectivity index (χ1n) is 19.3. The minimum Gasteiger partial charge on any atom is -0.481 e. The fraction of sp³-hybridized carbons (Fsp3) is 0.370. The highest BCUT2D eigenvalue weighted by molar-refractivity contribution is 5.83. The van der Waals surface area contributed by atoms with Crippen LogP contribution in [0.25, 0.3) is 22.3 Å². The number of aliphatic carboxylic acids is 2. The number of benzene rings is 4. The molecule has 11 nitrogen and oxygen atoms in total. The number of nitrogens with two attached hydrogens (primary N) is 1. The zero-order valence-electron chi connectivity index (χ0n) is 32.6. The van der Waals surface area contributed by atoms with Crippen molar-refractivity contribution in [1.82, 2.24) is 0 Å². The summed E-state index contributed by atoms with van der Waals surface area (Å²) < 4.78 is 16.4. The number of ether oxygens (including phenoxy) is 3. The van der Waals surface area contributed by atoms with Crippen molar-refractivity contribution in [3.63, 3.8) is 0 Å². The fourth-order valence-electron chi connectivity index (χ4n) is 7.41. The van der Waals surface area contributed by atoms with Crippen molar-refractivity contribution >= 4 is 29.8 Å². The number of hydrogen-bond acceptors (Lipinski definition) is 9. The van der Waals surface area contributed by atoms with Crippen molar-refractivity contribution in [3.05, 3.63) is 119 Å². The molecule has 0 aliphatic heterocycles.